The van der Waals surface area contributed by atoms with Crippen molar-refractivity contribution in [1.82, 2.24) is 20.5 Å². The zero-order chi connectivity index (χ0) is 11.8. The van der Waals surface area contributed by atoms with E-state index in [2.05, 4.69) is 20.5 Å². The number of carbonyl (C=O) groups is 1. The second-order valence-electron chi connectivity index (χ2n) is 3.06. The molecule has 0 radical (unpaired) electrons. The van der Waals surface area contributed by atoms with Crippen molar-refractivity contribution in [3.8, 4) is 0 Å². The summed E-state index contributed by atoms with van der Waals surface area (Å²) in [7, 11) is 0. The highest BCUT2D eigenvalue weighted by Crippen LogP contribution is 2.11. The van der Waals surface area contributed by atoms with Gasteiger partial charge in [0.25, 0.3) is 0 Å². The largest absolute Gasteiger partial charge is 0.353 e. The van der Waals surface area contributed by atoms with Gasteiger partial charge in [0.1, 0.15) is 5.82 Å². The molecule has 0 aliphatic heterocycles. The van der Waals surface area contributed by atoms with Gasteiger partial charge in [-0.1, -0.05) is 25.6 Å². The predicted octanol–water partition coefficient (Wildman–Crippen LogP) is 1.46. The minimum absolute atomic E-state index is 0.108. The summed E-state index contributed by atoms with van der Waals surface area (Å²) >= 11 is 1.56. The molecule has 0 unspecified atom stereocenters. The summed E-state index contributed by atoms with van der Waals surface area (Å²) in [5, 5.41) is 10.2. The quantitative estimate of drug-likeness (QED) is 0.583. The molecule has 1 heterocycles. The molecule has 0 aliphatic carbocycles. The maximum absolute atomic E-state index is 11.2. The molecule has 0 fully saturated rings. The summed E-state index contributed by atoms with van der Waals surface area (Å²) in [5.41, 5.74) is 0. The van der Waals surface area contributed by atoms with Gasteiger partial charge < -0.3 is 5.32 Å². The third-order valence-corrected chi connectivity index (χ3v) is 2.43. The van der Waals surface area contributed by atoms with E-state index in [1.54, 1.807) is 17.8 Å². The maximum Gasteiger partial charge on any atom is 0.244 e. The van der Waals surface area contributed by atoms with Crippen LogP contribution in [0.25, 0.3) is 6.08 Å². The Morgan fingerprint density at radius 2 is 2.38 bits per heavy atom. The normalized spacial score (nSPS) is 10.9. The highest BCUT2D eigenvalue weighted by atomic mass is 32.2. The number of carbonyl (C=O) groups excluding carboxylic acids is 1. The van der Waals surface area contributed by atoms with Crippen LogP contribution in [0.2, 0.25) is 0 Å². The van der Waals surface area contributed by atoms with Crippen LogP contribution in [-0.2, 0) is 4.79 Å². The molecule has 1 aromatic heterocycles. The van der Waals surface area contributed by atoms with Crippen molar-refractivity contribution in [2.75, 3.05) is 12.3 Å². The number of hydrogen-bond donors (Lipinski definition) is 2. The van der Waals surface area contributed by atoms with Crippen LogP contribution in [-0.4, -0.2) is 33.4 Å². The van der Waals surface area contributed by atoms with E-state index in [0.717, 1.165) is 12.2 Å². The summed E-state index contributed by atoms with van der Waals surface area (Å²) < 4.78 is 0. The van der Waals surface area contributed by atoms with Crippen LogP contribution in [0.15, 0.2) is 11.2 Å². The lowest BCUT2D eigenvalue weighted by atomic mass is 10.4. The molecule has 0 aliphatic rings. The van der Waals surface area contributed by atoms with Crippen LogP contribution in [0.5, 0.6) is 0 Å². The number of aromatic amines is 1. The number of H-pyrrole nitrogens is 1. The Labute approximate surface area is 99.1 Å². The molecule has 1 amide bonds. The van der Waals surface area contributed by atoms with Gasteiger partial charge in [0.05, 0.1) is 0 Å². The van der Waals surface area contributed by atoms with Gasteiger partial charge in [-0.3, -0.25) is 9.89 Å². The van der Waals surface area contributed by atoms with E-state index in [1.807, 2.05) is 13.8 Å². The third-order valence-electron chi connectivity index (χ3n) is 1.70. The minimum Gasteiger partial charge on any atom is -0.353 e. The second-order valence-corrected chi connectivity index (χ2v) is 4.29. The number of hydrogen-bond acceptors (Lipinski definition) is 4. The van der Waals surface area contributed by atoms with E-state index in [9.17, 15) is 4.79 Å². The van der Waals surface area contributed by atoms with E-state index in [4.69, 9.17) is 0 Å². The van der Waals surface area contributed by atoms with Gasteiger partial charge in [0, 0.05) is 12.6 Å². The third kappa shape index (κ3) is 4.48. The van der Waals surface area contributed by atoms with E-state index in [-0.39, 0.29) is 5.91 Å². The van der Waals surface area contributed by atoms with Crippen molar-refractivity contribution in [2.45, 2.75) is 25.4 Å². The lowest BCUT2D eigenvalue weighted by Gasteiger charge is -1.96. The Bertz CT molecular complexity index is 361. The molecule has 0 bridgehead atoms. The van der Waals surface area contributed by atoms with Gasteiger partial charge in [-0.05, 0) is 18.2 Å². The number of nitrogens with one attached hydrogen (secondary N) is 2. The highest BCUT2D eigenvalue weighted by Gasteiger charge is 2.00. The first-order valence-corrected chi connectivity index (χ1v) is 6.26. The van der Waals surface area contributed by atoms with Gasteiger partial charge in [-0.25, -0.2) is 4.98 Å². The summed E-state index contributed by atoms with van der Waals surface area (Å²) in [4.78, 5) is 15.4. The van der Waals surface area contributed by atoms with Crippen molar-refractivity contribution in [2.24, 2.45) is 0 Å². The SMILES string of the molecule is CCCNC(=O)/C=C\c1nc(SCC)n[nH]1. The Balaban J connectivity index is 2.45. The average molecular weight is 240 g/mol. The molecule has 0 atom stereocenters. The van der Waals surface area contributed by atoms with Crippen molar-refractivity contribution in [1.29, 1.82) is 0 Å². The molecule has 0 saturated carbocycles. The monoisotopic (exact) mass is 240 g/mol. The molecule has 88 valence electrons. The Morgan fingerprint density at radius 3 is 3.06 bits per heavy atom. The molecule has 1 rings (SSSR count). The second kappa shape index (κ2) is 7.05. The standard InChI is InChI=1S/C10H16N4OS/c1-3-7-11-9(15)6-5-8-12-10(14-13-8)16-4-2/h5-6H,3-4,7H2,1-2H3,(H,11,15)(H,12,13,14)/b6-5-. The van der Waals surface area contributed by atoms with Crippen molar-refractivity contribution in [3.63, 3.8) is 0 Å². The Morgan fingerprint density at radius 1 is 1.56 bits per heavy atom. The topological polar surface area (TPSA) is 70.7 Å². The van der Waals surface area contributed by atoms with Crippen LogP contribution in [0, 0.1) is 0 Å². The number of rotatable bonds is 6. The van der Waals surface area contributed by atoms with Crippen molar-refractivity contribution < 1.29 is 4.79 Å². The van der Waals surface area contributed by atoms with Crippen LogP contribution in [0.3, 0.4) is 0 Å². The average Bonchev–Trinajstić information content (AvgIpc) is 2.72. The fourth-order valence-electron chi connectivity index (χ4n) is 0.988. The molecule has 2 N–H and O–H groups in total. The first-order chi connectivity index (χ1) is 7.76. The van der Waals surface area contributed by atoms with Crippen molar-refractivity contribution >= 4 is 23.7 Å². The summed E-state index contributed by atoms with van der Waals surface area (Å²) in [5.74, 6) is 1.42. The fraction of sp³-hybridized carbons (Fsp3) is 0.500. The molecular weight excluding hydrogens is 224 g/mol. The molecule has 0 aromatic carbocycles. The van der Waals surface area contributed by atoms with Crippen LogP contribution in [0.1, 0.15) is 26.1 Å². The number of nitrogens with zero attached hydrogens (tertiary/aromatic N) is 2. The van der Waals surface area contributed by atoms with Gasteiger partial charge in [0.15, 0.2) is 0 Å². The van der Waals surface area contributed by atoms with E-state index >= 15 is 0 Å². The molecule has 5 nitrogen and oxygen atoms in total. The smallest absolute Gasteiger partial charge is 0.244 e. The Kier molecular flexibility index (Phi) is 5.63. The van der Waals surface area contributed by atoms with E-state index in [0.29, 0.717) is 17.5 Å². The lowest BCUT2D eigenvalue weighted by molar-refractivity contribution is -0.116. The summed E-state index contributed by atoms with van der Waals surface area (Å²) in [6.45, 7) is 4.74. The zero-order valence-corrected chi connectivity index (χ0v) is 10.3. The zero-order valence-electron chi connectivity index (χ0n) is 9.49. The number of thioether (sulfide) groups is 1. The van der Waals surface area contributed by atoms with Gasteiger partial charge >= 0.3 is 0 Å². The maximum atomic E-state index is 11.2. The first kappa shape index (κ1) is 12.8. The molecule has 0 spiro atoms. The molecular formula is C10H16N4OS. The molecule has 16 heavy (non-hydrogen) atoms. The molecule has 0 saturated heterocycles. The first-order valence-electron chi connectivity index (χ1n) is 5.27. The van der Waals surface area contributed by atoms with Gasteiger partial charge in [-0.15, -0.1) is 5.10 Å². The van der Waals surface area contributed by atoms with Crippen molar-refractivity contribution in [3.05, 3.63) is 11.9 Å². The molecule has 1 aromatic rings. The minimum atomic E-state index is -0.108. The number of amides is 1. The van der Waals surface area contributed by atoms with Gasteiger partial charge in [0.2, 0.25) is 11.1 Å². The number of aromatic nitrogens is 3. The molecule has 6 heteroatoms. The Hall–Kier alpha value is -1.30. The van der Waals surface area contributed by atoms with E-state index < -0.39 is 0 Å². The summed E-state index contributed by atoms with van der Waals surface area (Å²) in [6.07, 6.45) is 4.01. The van der Waals surface area contributed by atoms with Crippen LogP contribution < -0.4 is 5.32 Å². The van der Waals surface area contributed by atoms with Crippen LogP contribution in [0.4, 0.5) is 0 Å². The fourth-order valence-corrected chi connectivity index (χ4v) is 1.52. The van der Waals surface area contributed by atoms with Crippen LogP contribution >= 0.6 is 11.8 Å². The lowest BCUT2D eigenvalue weighted by Crippen LogP contribution is -2.21. The van der Waals surface area contributed by atoms with Gasteiger partial charge in [-0.2, -0.15) is 0 Å². The summed E-state index contributed by atoms with van der Waals surface area (Å²) in [6, 6.07) is 0. The highest BCUT2D eigenvalue weighted by molar-refractivity contribution is 7.99. The predicted molar refractivity (Wildman–Crippen MR) is 65.1 cm³/mol. The van der Waals surface area contributed by atoms with E-state index in [1.165, 1.54) is 6.08 Å².